The van der Waals surface area contributed by atoms with Gasteiger partial charge >= 0.3 is 0 Å². The highest BCUT2D eigenvalue weighted by Crippen LogP contribution is 2.37. The molecule has 132 valence electrons. The summed E-state index contributed by atoms with van der Waals surface area (Å²) in [5.41, 5.74) is 4.06. The van der Waals surface area contributed by atoms with Gasteiger partial charge in [0.15, 0.2) is 16.6 Å². The molecule has 0 amide bonds. The van der Waals surface area contributed by atoms with Crippen LogP contribution in [0.4, 0.5) is 10.1 Å². The Labute approximate surface area is 150 Å². The largest absolute Gasteiger partial charge is 0.493 e. The van der Waals surface area contributed by atoms with E-state index in [9.17, 15) is 4.39 Å². The lowest BCUT2D eigenvalue weighted by Crippen LogP contribution is -2.23. The second kappa shape index (κ2) is 8.84. The fourth-order valence-corrected chi connectivity index (χ4v) is 2.20. The van der Waals surface area contributed by atoms with Crippen molar-refractivity contribution in [3.8, 4) is 17.2 Å². The summed E-state index contributed by atoms with van der Waals surface area (Å²) >= 11 is 5.12. The van der Waals surface area contributed by atoms with Gasteiger partial charge in [0, 0.05) is 11.3 Å². The van der Waals surface area contributed by atoms with Crippen LogP contribution in [0, 0.1) is 5.82 Å². The van der Waals surface area contributed by atoms with Crippen LogP contribution in [0.2, 0.25) is 0 Å². The Morgan fingerprint density at radius 3 is 2.16 bits per heavy atom. The molecule has 0 saturated heterocycles. The maximum atomic E-state index is 12.9. The highest BCUT2D eigenvalue weighted by atomic mass is 32.1. The Bertz CT molecular complexity index is 741. The molecule has 8 heteroatoms. The van der Waals surface area contributed by atoms with Gasteiger partial charge in [0.2, 0.25) is 5.75 Å². The third-order valence-electron chi connectivity index (χ3n) is 3.17. The summed E-state index contributed by atoms with van der Waals surface area (Å²) in [7, 11) is 4.62. The quantitative estimate of drug-likeness (QED) is 0.467. The van der Waals surface area contributed by atoms with E-state index in [0.29, 0.717) is 22.9 Å². The summed E-state index contributed by atoms with van der Waals surface area (Å²) in [6.07, 6.45) is 1.56. The number of hydrogen-bond acceptors (Lipinski definition) is 5. The van der Waals surface area contributed by atoms with Crippen molar-refractivity contribution in [3.63, 3.8) is 0 Å². The third-order valence-corrected chi connectivity index (χ3v) is 3.36. The van der Waals surface area contributed by atoms with Crippen molar-refractivity contribution in [1.82, 2.24) is 5.43 Å². The molecule has 0 fully saturated rings. The van der Waals surface area contributed by atoms with E-state index < -0.39 is 0 Å². The second-order valence-electron chi connectivity index (χ2n) is 4.79. The van der Waals surface area contributed by atoms with Gasteiger partial charge in [0.25, 0.3) is 0 Å². The molecule has 0 unspecified atom stereocenters. The summed E-state index contributed by atoms with van der Waals surface area (Å²) in [6, 6.07) is 9.33. The lowest BCUT2D eigenvalue weighted by atomic mass is 10.2. The number of thiocarbonyl (C=S) groups is 1. The minimum absolute atomic E-state index is 0.273. The third kappa shape index (κ3) is 5.05. The van der Waals surface area contributed by atoms with Crippen LogP contribution >= 0.6 is 12.2 Å². The summed E-state index contributed by atoms with van der Waals surface area (Å²) in [4.78, 5) is 0. The Kier molecular flexibility index (Phi) is 6.53. The van der Waals surface area contributed by atoms with E-state index in [1.165, 1.54) is 33.5 Å². The zero-order valence-corrected chi connectivity index (χ0v) is 14.8. The van der Waals surface area contributed by atoms with Crippen molar-refractivity contribution < 1.29 is 18.6 Å². The SMILES string of the molecule is COc1cc(/C=N/NC(=S)Nc2ccc(F)cc2)cc(OC)c1OC. The normalized spacial score (nSPS) is 10.4. The number of benzene rings is 2. The fraction of sp³-hybridized carbons (Fsp3) is 0.176. The van der Waals surface area contributed by atoms with Gasteiger partial charge in [-0.25, -0.2) is 4.39 Å². The molecule has 0 atom stereocenters. The standard InChI is InChI=1S/C17H18FN3O3S/c1-22-14-8-11(9-15(23-2)16(14)24-3)10-19-21-17(25)20-13-6-4-12(18)5-7-13/h4-10H,1-3H3,(H2,20,21,25)/b19-10+. The van der Waals surface area contributed by atoms with Crippen LogP contribution in [0.25, 0.3) is 0 Å². The number of methoxy groups -OCH3 is 3. The van der Waals surface area contributed by atoms with Crippen LogP contribution in [0.5, 0.6) is 17.2 Å². The molecule has 0 aromatic heterocycles. The minimum atomic E-state index is -0.315. The molecule has 6 nitrogen and oxygen atoms in total. The molecule has 0 aliphatic carbocycles. The van der Waals surface area contributed by atoms with E-state index in [0.717, 1.165) is 5.56 Å². The summed E-state index contributed by atoms with van der Waals surface area (Å²) in [5.74, 6) is 1.24. The van der Waals surface area contributed by atoms with Crippen molar-refractivity contribution >= 4 is 29.2 Å². The number of rotatable bonds is 6. The van der Waals surface area contributed by atoms with Gasteiger partial charge in [-0.2, -0.15) is 5.10 Å². The predicted octanol–water partition coefficient (Wildman–Crippen LogP) is 3.17. The number of nitrogens with one attached hydrogen (secondary N) is 2. The molecule has 2 aromatic rings. The number of hydrazone groups is 1. The monoisotopic (exact) mass is 363 g/mol. The molecule has 0 aliphatic rings. The highest BCUT2D eigenvalue weighted by molar-refractivity contribution is 7.80. The Morgan fingerprint density at radius 1 is 1.04 bits per heavy atom. The van der Waals surface area contributed by atoms with Crippen molar-refractivity contribution in [3.05, 3.63) is 47.8 Å². The van der Waals surface area contributed by atoms with E-state index >= 15 is 0 Å². The number of ether oxygens (including phenoxy) is 3. The lowest BCUT2D eigenvalue weighted by molar-refractivity contribution is 0.324. The highest BCUT2D eigenvalue weighted by Gasteiger charge is 2.12. The van der Waals surface area contributed by atoms with Gasteiger partial charge in [0.1, 0.15) is 5.82 Å². The van der Waals surface area contributed by atoms with Crippen molar-refractivity contribution in [2.75, 3.05) is 26.6 Å². The molecular weight excluding hydrogens is 345 g/mol. The molecule has 0 radical (unpaired) electrons. The zero-order valence-electron chi connectivity index (χ0n) is 14.0. The smallest absolute Gasteiger partial charge is 0.203 e. The first kappa shape index (κ1) is 18.5. The average Bonchev–Trinajstić information content (AvgIpc) is 2.62. The first-order valence-electron chi connectivity index (χ1n) is 7.23. The van der Waals surface area contributed by atoms with E-state index in [1.54, 1.807) is 30.5 Å². The molecular formula is C17H18FN3O3S. The summed E-state index contributed by atoms with van der Waals surface area (Å²) < 4.78 is 28.7. The average molecular weight is 363 g/mol. The van der Waals surface area contributed by atoms with Gasteiger partial charge in [-0.05, 0) is 48.6 Å². The summed E-state index contributed by atoms with van der Waals surface area (Å²) in [6.45, 7) is 0. The molecule has 0 bridgehead atoms. The molecule has 0 spiro atoms. The van der Waals surface area contributed by atoms with Crippen molar-refractivity contribution in [2.45, 2.75) is 0 Å². The predicted molar refractivity (Wildman–Crippen MR) is 99.4 cm³/mol. The number of anilines is 1. The number of nitrogens with zero attached hydrogens (tertiary/aromatic N) is 1. The van der Waals surface area contributed by atoms with E-state index in [-0.39, 0.29) is 10.9 Å². The molecule has 2 N–H and O–H groups in total. The fourth-order valence-electron chi connectivity index (χ4n) is 2.03. The lowest BCUT2D eigenvalue weighted by Gasteiger charge is -2.12. The van der Waals surface area contributed by atoms with E-state index in [1.807, 2.05) is 0 Å². The van der Waals surface area contributed by atoms with Crippen molar-refractivity contribution in [2.24, 2.45) is 5.10 Å². The van der Waals surface area contributed by atoms with Gasteiger partial charge in [-0.1, -0.05) is 0 Å². The van der Waals surface area contributed by atoms with Crippen LogP contribution in [0.1, 0.15) is 5.56 Å². The van der Waals surface area contributed by atoms with Crippen molar-refractivity contribution in [1.29, 1.82) is 0 Å². The van der Waals surface area contributed by atoms with Gasteiger partial charge in [-0.3, -0.25) is 5.43 Å². The zero-order chi connectivity index (χ0) is 18.2. The van der Waals surface area contributed by atoms with Crippen LogP contribution in [0.15, 0.2) is 41.5 Å². The first-order chi connectivity index (χ1) is 12.1. The number of halogens is 1. The maximum Gasteiger partial charge on any atom is 0.203 e. The van der Waals surface area contributed by atoms with Gasteiger partial charge < -0.3 is 19.5 Å². The molecule has 0 heterocycles. The first-order valence-corrected chi connectivity index (χ1v) is 7.64. The van der Waals surface area contributed by atoms with Crippen LogP contribution in [-0.2, 0) is 0 Å². The topological polar surface area (TPSA) is 64.1 Å². The number of hydrogen-bond donors (Lipinski definition) is 2. The minimum Gasteiger partial charge on any atom is -0.493 e. The molecule has 2 rings (SSSR count). The van der Waals surface area contributed by atoms with Crippen LogP contribution in [-0.4, -0.2) is 32.7 Å². The molecule has 25 heavy (non-hydrogen) atoms. The van der Waals surface area contributed by atoms with Crippen LogP contribution < -0.4 is 25.0 Å². The molecule has 0 saturated carbocycles. The Hall–Kier alpha value is -2.87. The maximum absolute atomic E-state index is 12.9. The van der Waals surface area contributed by atoms with Gasteiger partial charge in [-0.15, -0.1) is 0 Å². The van der Waals surface area contributed by atoms with Crippen LogP contribution in [0.3, 0.4) is 0 Å². The van der Waals surface area contributed by atoms with E-state index in [2.05, 4.69) is 15.8 Å². The second-order valence-corrected chi connectivity index (χ2v) is 5.20. The Morgan fingerprint density at radius 2 is 1.64 bits per heavy atom. The van der Waals surface area contributed by atoms with Gasteiger partial charge in [0.05, 0.1) is 27.5 Å². The Balaban J connectivity index is 2.03. The van der Waals surface area contributed by atoms with E-state index in [4.69, 9.17) is 26.4 Å². The molecule has 0 aliphatic heterocycles. The summed E-state index contributed by atoms with van der Waals surface area (Å²) in [5, 5.41) is 7.22. The molecule has 2 aromatic carbocycles.